The molecule has 176 valence electrons. The van der Waals surface area contributed by atoms with Crippen molar-refractivity contribution in [1.82, 2.24) is 14.9 Å². The molecule has 2 N–H and O–H groups in total. The second kappa shape index (κ2) is 9.57. The maximum atomic E-state index is 12.2. The van der Waals surface area contributed by atoms with E-state index in [9.17, 15) is 13.2 Å². The molecule has 2 saturated carbocycles. The van der Waals surface area contributed by atoms with Crippen molar-refractivity contribution >= 4 is 15.9 Å². The third-order valence-corrected chi connectivity index (χ3v) is 9.03. The highest BCUT2D eigenvalue weighted by Crippen LogP contribution is 2.40. The van der Waals surface area contributed by atoms with Gasteiger partial charge >= 0.3 is 0 Å². The van der Waals surface area contributed by atoms with Gasteiger partial charge in [-0.2, -0.15) is 0 Å². The predicted octanol–water partition coefficient (Wildman–Crippen LogP) is 3.27. The molecule has 0 bridgehead atoms. The third kappa shape index (κ3) is 5.83. The highest BCUT2D eigenvalue weighted by molar-refractivity contribution is 7.91. The molecule has 0 unspecified atom stereocenters. The number of hydrogen-bond donors (Lipinski definition) is 2. The zero-order valence-electron chi connectivity index (χ0n) is 18.9. The van der Waals surface area contributed by atoms with E-state index >= 15 is 0 Å². The fourth-order valence-corrected chi connectivity index (χ4v) is 6.13. The summed E-state index contributed by atoms with van der Waals surface area (Å²) in [4.78, 5) is 14.7. The number of amides is 1. The second-order valence-electron chi connectivity index (χ2n) is 9.86. The van der Waals surface area contributed by atoms with Crippen LogP contribution < -0.4 is 10.0 Å². The van der Waals surface area contributed by atoms with Crippen molar-refractivity contribution in [2.45, 2.75) is 55.9 Å². The summed E-state index contributed by atoms with van der Waals surface area (Å²) in [5.74, 6) is 0.884. The second-order valence-corrected chi connectivity index (χ2v) is 11.8. The van der Waals surface area contributed by atoms with Crippen LogP contribution in [-0.4, -0.2) is 50.2 Å². The minimum Gasteiger partial charge on any atom is -0.313 e. The van der Waals surface area contributed by atoms with E-state index in [2.05, 4.69) is 45.3 Å². The number of likely N-dealkylation sites (tertiary alicyclic amines) is 1. The molecular formula is C26H33N3O3S. The Hall–Kier alpha value is -2.22. The van der Waals surface area contributed by atoms with Crippen LogP contribution in [-0.2, 0) is 16.6 Å². The molecule has 0 radical (unpaired) electrons. The van der Waals surface area contributed by atoms with Crippen molar-refractivity contribution < 1.29 is 13.2 Å². The highest BCUT2D eigenvalue weighted by Gasteiger charge is 2.38. The maximum absolute atomic E-state index is 12.2. The Morgan fingerprint density at radius 1 is 0.939 bits per heavy atom. The lowest BCUT2D eigenvalue weighted by molar-refractivity contribution is 0.0981. The van der Waals surface area contributed by atoms with Crippen LogP contribution in [0.5, 0.6) is 0 Å². The first-order valence-electron chi connectivity index (χ1n) is 12.1. The Labute approximate surface area is 196 Å². The van der Waals surface area contributed by atoms with Crippen molar-refractivity contribution in [3.63, 3.8) is 0 Å². The topological polar surface area (TPSA) is 78.5 Å². The molecule has 2 aromatic carbocycles. The molecule has 5 rings (SSSR count). The summed E-state index contributed by atoms with van der Waals surface area (Å²) in [6, 6.07) is 18.8. The Morgan fingerprint density at radius 3 is 2.30 bits per heavy atom. The third-order valence-electron chi connectivity index (χ3n) is 7.21. The van der Waals surface area contributed by atoms with Gasteiger partial charge in [-0.15, -0.1) is 0 Å². The smallest absolute Gasteiger partial charge is 0.264 e. The van der Waals surface area contributed by atoms with Gasteiger partial charge in [0.25, 0.3) is 5.91 Å². The van der Waals surface area contributed by atoms with Crippen molar-refractivity contribution in [3.8, 4) is 0 Å². The largest absolute Gasteiger partial charge is 0.313 e. The minimum absolute atomic E-state index is 0.390. The first kappa shape index (κ1) is 22.6. The fraction of sp³-hybridized carbons (Fsp3) is 0.500. The average Bonchev–Trinajstić information content (AvgIpc) is 3.74. The van der Waals surface area contributed by atoms with Gasteiger partial charge in [-0.25, -0.2) is 13.1 Å². The summed E-state index contributed by atoms with van der Waals surface area (Å²) in [6.45, 7) is 4.14. The Morgan fingerprint density at radius 2 is 1.64 bits per heavy atom. The standard InChI is InChI=1S/C26H33N3O3S/c30-26(28-33(31,32)23-10-11-23)22-8-6-20(7-9-22)18-29-14-12-19(13-15-29)17-27-25-16-24(25)21-4-2-1-3-5-21/h1-9,19,23-25,27H,10-18H2,(H,28,30)/t24-,25+/m0/s1. The summed E-state index contributed by atoms with van der Waals surface area (Å²) in [6.07, 6.45) is 4.94. The molecule has 33 heavy (non-hydrogen) atoms. The molecule has 2 aromatic rings. The van der Waals surface area contributed by atoms with Crippen LogP contribution in [0.4, 0.5) is 0 Å². The molecule has 1 amide bonds. The van der Waals surface area contributed by atoms with Crippen molar-refractivity contribution in [3.05, 3.63) is 71.3 Å². The molecule has 1 heterocycles. The minimum atomic E-state index is -3.51. The van der Waals surface area contributed by atoms with Gasteiger partial charge in [0.05, 0.1) is 5.25 Å². The predicted molar refractivity (Wildman–Crippen MR) is 129 cm³/mol. The van der Waals surface area contributed by atoms with E-state index < -0.39 is 21.2 Å². The highest BCUT2D eigenvalue weighted by atomic mass is 32.2. The van der Waals surface area contributed by atoms with Crippen LogP contribution in [0.1, 0.15) is 59.5 Å². The Bertz CT molecular complexity index is 1060. The van der Waals surface area contributed by atoms with Gasteiger partial charge in [0.1, 0.15) is 0 Å². The molecule has 1 saturated heterocycles. The zero-order valence-corrected chi connectivity index (χ0v) is 19.8. The van der Waals surface area contributed by atoms with Crippen LogP contribution in [0.25, 0.3) is 0 Å². The Balaban J connectivity index is 1.03. The number of benzene rings is 2. The lowest BCUT2D eigenvalue weighted by Crippen LogP contribution is -2.37. The molecular weight excluding hydrogens is 434 g/mol. The van der Waals surface area contributed by atoms with Gasteiger partial charge < -0.3 is 5.32 Å². The van der Waals surface area contributed by atoms with Crippen LogP contribution >= 0.6 is 0 Å². The molecule has 3 aliphatic rings. The molecule has 6 nitrogen and oxygen atoms in total. The lowest BCUT2D eigenvalue weighted by Gasteiger charge is -2.32. The van der Waals surface area contributed by atoms with E-state index in [-0.39, 0.29) is 0 Å². The quantitative estimate of drug-likeness (QED) is 0.592. The number of sulfonamides is 1. The number of hydrogen-bond acceptors (Lipinski definition) is 5. The number of nitrogens with zero attached hydrogens (tertiary/aromatic N) is 1. The number of carbonyl (C=O) groups is 1. The van der Waals surface area contributed by atoms with Crippen LogP contribution in [0.2, 0.25) is 0 Å². The number of carbonyl (C=O) groups excluding carboxylic acids is 1. The van der Waals surface area contributed by atoms with Crippen molar-refractivity contribution in [1.29, 1.82) is 0 Å². The molecule has 2 aliphatic carbocycles. The summed E-state index contributed by atoms with van der Waals surface area (Å²) < 4.78 is 26.1. The summed E-state index contributed by atoms with van der Waals surface area (Å²) in [7, 11) is -3.51. The lowest BCUT2D eigenvalue weighted by atomic mass is 9.96. The van der Waals surface area contributed by atoms with Crippen LogP contribution in [0.15, 0.2) is 54.6 Å². The molecule has 1 aliphatic heterocycles. The molecule has 0 spiro atoms. The molecule has 3 fully saturated rings. The summed E-state index contributed by atoms with van der Waals surface area (Å²) in [5, 5.41) is 3.39. The monoisotopic (exact) mass is 467 g/mol. The zero-order chi connectivity index (χ0) is 22.8. The maximum Gasteiger partial charge on any atom is 0.264 e. The molecule has 7 heteroatoms. The van der Waals surface area contributed by atoms with Gasteiger partial charge in [-0.3, -0.25) is 9.69 Å². The van der Waals surface area contributed by atoms with Crippen molar-refractivity contribution in [2.24, 2.45) is 5.92 Å². The van der Waals surface area contributed by atoms with Gasteiger partial charge in [-0.1, -0.05) is 42.5 Å². The van der Waals surface area contributed by atoms with E-state index in [1.165, 1.54) is 24.8 Å². The first-order valence-corrected chi connectivity index (χ1v) is 13.7. The van der Waals surface area contributed by atoms with Crippen LogP contribution in [0, 0.1) is 5.92 Å². The normalized spacial score (nSPS) is 23.9. The number of piperidine rings is 1. The average molecular weight is 468 g/mol. The van der Waals surface area contributed by atoms with E-state index in [1.807, 2.05) is 12.1 Å². The molecule has 2 atom stereocenters. The summed E-state index contributed by atoms with van der Waals surface area (Å²) >= 11 is 0. The van der Waals surface area contributed by atoms with E-state index in [0.29, 0.717) is 30.4 Å². The van der Waals surface area contributed by atoms with E-state index in [0.717, 1.165) is 37.7 Å². The van der Waals surface area contributed by atoms with E-state index in [1.54, 1.807) is 12.1 Å². The number of nitrogens with one attached hydrogen (secondary N) is 2. The van der Waals surface area contributed by atoms with Crippen LogP contribution in [0.3, 0.4) is 0 Å². The van der Waals surface area contributed by atoms with Gasteiger partial charge in [0.15, 0.2) is 0 Å². The Kier molecular flexibility index (Phi) is 6.54. The van der Waals surface area contributed by atoms with Gasteiger partial charge in [0.2, 0.25) is 10.0 Å². The molecule has 0 aromatic heterocycles. The van der Waals surface area contributed by atoms with Gasteiger partial charge in [-0.05, 0) is 80.9 Å². The van der Waals surface area contributed by atoms with Gasteiger partial charge in [0, 0.05) is 24.1 Å². The SMILES string of the molecule is O=C(NS(=O)(=O)C1CC1)c1ccc(CN2CCC(CN[C@@H]3C[C@H]3c3ccccc3)CC2)cc1. The first-order chi connectivity index (χ1) is 16.0. The summed E-state index contributed by atoms with van der Waals surface area (Å²) in [5.41, 5.74) is 3.00. The fourth-order valence-electron chi connectivity index (χ4n) is 4.83. The number of rotatable bonds is 9. The van der Waals surface area contributed by atoms with Crippen molar-refractivity contribution in [2.75, 3.05) is 19.6 Å². The van der Waals surface area contributed by atoms with E-state index in [4.69, 9.17) is 0 Å².